The molecule has 32 heavy (non-hydrogen) atoms. The van der Waals surface area contributed by atoms with Gasteiger partial charge in [-0.05, 0) is 86.0 Å². The normalized spacial score (nSPS) is 12.2. The summed E-state index contributed by atoms with van der Waals surface area (Å²) in [4.78, 5) is 25.5. The Hall–Kier alpha value is -2.06. The molecule has 0 bridgehead atoms. The van der Waals surface area contributed by atoms with E-state index in [9.17, 15) is 19.8 Å². The van der Waals surface area contributed by atoms with Crippen molar-refractivity contribution in [3.05, 3.63) is 49.9 Å². The molecule has 0 fully saturated rings. The van der Waals surface area contributed by atoms with Gasteiger partial charge in [0.1, 0.15) is 17.5 Å². The van der Waals surface area contributed by atoms with Gasteiger partial charge in [0.25, 0.3) is 0 Å². The van der Waals surface area contributed by atoms with Crippen LogP contribution in [0.4, 0.5) is 0 Å². The van der Waals surface area contributed by atoms with Crippen LogP contribution in [0.15, 0.2) is 33.2 Å². The molecule has 8 heteroatoms. The highest BCUT2D eigenvalue weighted by Crippen LogP contribution is 2.40. The monoisotopic (exact) mass is 569 g/mol. The summed E-state index contributed by atoms with van der Waals surface area (Å²) in [5.41, 5.74) is 2.24. The summed E-state index contributed by atoms with van der Waals surface area (Å²) < 4.78 is 7.39. The van der Waals surface area contributed by atoms with Gasteiger partial charge in [0.2, 0.25) is 5.91 Å². The summed E-state index contributed by atoms with van der Waals surface area (Å²) in [6.45, 7) is 9.38. The predicted molar refractivity (Wildman–Crippen MR) is 132 cm³/mol. The highest BCUT2D eigenvalue weighted by atomic mass is 79.9. The number of rotatable bonds is 8. The molecule has 2 aromatic carbocycles. The number of nitrogens with zero attached hydrogens (tertiary/aromatic N) is 1. The number of phenolic OH excluding ortho intramolecular Hbond substituents is 1. The molecule has 2 aromatic rings. The average Bonchev–Trinajstić information content (AvgIpc) is 2.66. The number of aliphatic carboxylic acids is 1. The molecule has 2 N–H and O–H groups in total. The van der Waals surface area contributed by atoms with E-state index in [2.05, 4.69) is 31.9 Å². The number of carbonyl (C=O) groups excluding carboxylic acids is 1. The van der Waals surface area contributed by atoms with Gasteiger partial charge in [-0.25, -0.2) is 4.79 Å². The van der Waals surface area contributed by atoms with Crippen LogP contribution >= 0.6 is 31.9 Å². The predicted octanol–water partition coefficient (Wildman–Crippen LogP) is 6.25. The number of hydrogen-bond donors (Lipinski definition) is 2. The minimum Gasteiger partial charge on any atom is -0.507 e. The van der Waals surface area contributed by atoms with Crippen LogP contribution < -0.4 is 4.74 Å². The van der Waals surface area contributed by atoms with E-state index in [1.165, 1.54) is 11.9 Å². The first-order chi connectivity index (χ1) is 14.8. The Labute approximate surface area is 205 Å². The largest absolute Gasteiger partial charge is 0.507 e. The highest BCUT2D eigenvalue weighted by Gasteiger charge is 2.29. The van der Waals surface area contributed by atoms with Gasteiger partial charge in [0.15, 0.2) is 5.75 Å². The second-order valence-electron chi connectivity index (χ2n) is 8.53. The molecule has 0 radical (unpaired) electrons. The summed E-state index contributed by atoms with van der Waals surface area (Å²) in [6.07, 6.45) is 0.0558. The van der Waals surface area contributed by atoms with Crippen molar-refractivity contribution >= 4 is 43.7 Å². The third kappa shape index (κ3) is 6.04. The molecule has 0 saturated heterocycles. The van der Waals surface area contributed by atoms with Crippen LogP contribution in [0.25, 0.3) is 0 Å². The molecule has 0 aromatic heterocycles. The summed E-state index contributed by atoms with van der Waals surface area (Å²) in [7, 11) is 1.52. The fourth-order valence-electron chi connectivity index (χ4n) is 3.55. The maximum Gasteiger partial charge on any atom is 0.326 e. The number of carboxylic acids is 1. The topological polar surface area (TPSA) is 87.1 Å². The SMILES string of the molecule is Cc1cc(Oc2c(Br)cc(CC(=O)N(C)[C@H](C(=O)O)C(C)C)cc2Br)cc(C(C)C)c1O. The van der Waals surface area contributed by atoms with Crippen LogP contribution in [-0.4, -0.2) is 40.1 Å². The van der Waals surface area contributed by atoms with E-state index in [4.69, 9.17) is 4.74 Å². The molecule has 0 spiro atoms. The molecule has 174 valence electrons. The first-order valence-electron chi connectivity index (χ1n) is 10.3. The number of aromatic hydroxyl groups is 1. The van der Waals surface area contributed by atoms with Gasteiger partial charge in [0, 0.05) is 12.6 Å². The maximum absolute atomic E-state index is 12.7. The number of carbonyl (C=O) groups is 2. The van der Waals surface area contributed by atoms with E-state index in [-0.39, 0.29) is 29.9 Å². The van der Waals surface area contributed by atoms with Gasteiger partial charge in [-0.1, -0.05) is 27.7 Å². The van der Waals surface area contributed by atoms with Crippen molar-refractivity contribution in [3.63, 3.8) is 0 Å². The van der Waals surface area contributed by atoms with Crippen LogP contribution in [0, 0.1) is 12.8 Å². The molecular formula is C24H29Br2NO5. The van der Waals surface area contributed by atoms with Crippen molar-refractivity contribution < 1.29 is 24.5 Å². The number of carboxylic acid groups (broad SMARTS) is 1. The Morgan fingerprint density at radius 2 is 1.62 bits per heavy atom. The van der Waals surface area contributed by atoms with E-state index in [0.29, 0.717) is 26.0 Å². The fraction of sp³-hybridized carbons (Fsp3) is 0.417. The molecule has 0 aliphatic carbocycles. The molecular weight excluding hydrogens is 542 g/mol. The van der Waals surface area contributed by atoms with Gasteiger partial charge in [-0.3, -0.25) is 4.79 Å². The molecule has 1 atom stereocenters. The molecule has 0 aliphatic heterocycles. The van der Waals surface area contributed by atoms with E-state index >= 15 is 0 Å². The van der Waals surface area contributed by atoms with Gasteiger partial charge in [0.05, 0.1) is 15.4 Å². The van der Waals surface area contributed by atoms with Gasteiger partial charge >= 0.3 is 5.97 Å². The number of likely N-dealkylation sites (N-methyl/N-ethyl adjacent to an activating group) is 1. The van der Waals surface area contributed by atoms with Gasteiger partial charge < -0.3 is 19.8 Å². The Kier molecular flexibility index (Phi) is 8.76. The van der Waals surface area contributed by atoms with Crippen LogP contribution in [0.3, 0.4) is 0 Å². The molecule has 0 heterocycles. The average molecular weight is 571 g/mol. The second kappa shape index (κ2) is 10.7. The lowest BCUT2D eigenvalue weighted by Gasteiger charge is -2.28. The standard InChI is InChI=1S/C24H29Br2NO5/c1-12(2)17-11-16(7-14(5)22(17)29)32-23-18(25)8-15(9-19(23)26)10-20(28)27(6)21(13(3)4)24(30)31/h7-9,11-13,21,29H,10H2,1-6H3,(H,30,31)/t21-/m0/s1. The number of phenols is 1. The summed E-state index contributed by atoms with van der Waals surface area (Å²) >= 11 is 7.03. The highest BCUT2D eigenvalue weighted by molar-refractivity contribution is 9.11. The lowest BCUT2D eigenvalue weighted by atomic mass is 9.99. The molecule has 0 unspecified atom stereocenters. The number of aryl methyl sites for hydroxylation is 1. The zero-order valence-corrected chi connectivity index (χ0v) is 22.2. The summed E-state index contributed by atoms with van der Waals surface area (Å²) in [5, 5.41) is 19.7. The van der Waals surface area contributed by atoms with E-state index in [1.54, 1.807) is 32.0 Å². The second-order valence-corrected chi connectivity index (χ2v) is 10.2. The quantitative estimate of drug-likeness (QED) is 0.391. The molecule has 0 saturated carbocycles. The third-order valence-electron chi connectivity index (χ3n) is 5.25. The zero-order valence-electron chi connectivity index (χ0n) is 19.1. The number of ether oxygens (including phenoxy) is 1. The molecule has 2 rings (SSSR count). The van der Waals surface area contributed by atoms with Gasteiger partial charge in [-0.15, -0.1) is 0 Å². The van der Waals surface area contributed by atoms with Crippen molar-refractivity contribution in [2.45, 2.75) is 53.0 Å². The summed E-state index contributed by atoms with van der Waals surface area (Å²) in [5.74, 6) is 0.0241. The minimum absolute atomic E-state index is 0.0558. The Bertz CT molecular complexity index is 997. The van der Waals surface area contributed by atoms with E-state index in [0.717, 1.165) is 11.1 Å². The van der Waals surface area contributed by atoms with Crippen LogP contribution in [0.5, 0.6) is 17.2 Å². The Balaban J connectivity index is 2.28. The van der Waals surface area contributed by atoms with Crippen molar-refractivity contribution in [1.29, 1.82) is 0 Å². The van der Waals surface area contributed by atoms with Crippen molar-refractivity contribution in [3.8, 4) is 17.2 Å². The van der Waals surface area contributed by atoms with Crippen LogP contribution in [0.1, 0.15) is 50.3 Å². The first-order valence-corrected chi connectivity index (χ1v) is 11.9. The minimum atomic E-state index is -1.02. The molecule has 0 aliphatic rings. The van der Waals surface area contributed by atoms with Crippen LogP contribution in [0.2, 0.25) is 0 Å². The fourth-order valence-corrected chi connectivity index (χ4v) is 5.00. The third-order valence-corrected chi connectivity index (χ3v) is 6.43. The first kappa shape index (κ1) is 26.2. The molecule has 6 nitrogen and oxygen atoms in total. The number of amides is 1. The maximum atomic E-state index is 12.7. The number of benzene rings is 2. The van der Waals surface area contributed by atoms with Crippen molar-refractivity contribution in [2.75, 3.05) is 7.05 Å². The van der Waals surface area contributed by atoms with Gasteiger partial charge in [-0.2, -0.15) is 0 Å². The lowest BCUT2D eigenvalue weighted by molar-refractivity contribution is -0.150. The van der Waals surface area contributed by atoms with E-state index in [1.807, 2.05) is 26.8 Å². The number of halogens is 2. The smallest absolute Gasteiger partial charge is 0.326 e. The van der Waals surface area contributed by atoms with Crippen molar-refractivity contribution in [2.24, 2.45) is 5.92 Å². The molecule has 1 amide bonds. The number of hydrogen-bond acceptors (Lipinski definition) is 4. The Morgan fingerprint density at radius 1 is 1.06 bits per heavy atom. The Morgan fingerprint density at radius 3 is 2.09 bits per heavy atom. The summed E-state index contributed by atoms with van der Waals surface area (Å²) in [6, 6.07) is 6.27. The lowest BCUT2D eigenvalue weighted by Crippen LogP contribution is -2.46. The zero-order chi connectivity index (χ0) is 24.3. The van der Waals surface area contributed by atoms with Crippen LogP contribution in [-0.2, 0) is 16.0 Å². The van der Waals surface area contributed by atoms with Crippen molar-refractivity contribution in [1.82, 2.24) is 4.90 Å². The van der Waals surface area contributed by atoms with E-state index < -0.39 is 12.0 Å².